The summed E-state index contributed by atoms with van der Waals surface area (Å²) in [6, 6.07) is 0.0139. The minimum atomic E-state index is -0.430. The van der Waals surface area contributed by atoms with E-state index in [0.717, 1.165) is 25.9 Å². The molecule has 0 bridgehead atoms. The zero-order chi connectivity index (χ0) is 15.2. The number of anilines is 2. The van der Waals surface area contributed by atoms with Gasteiger partial charge in [-0.05, 0) is 24.4 Å². The van der Waals surface area contributed by atoms with Gasteiger partial charge in [-0.25, -0.2) is 4.79 Å². The van der Waals surface area contributed by atoms with E-state index in [1.807, 2.05) is 4.90 Å². The molecule has 9 heteroatoms. The van der Waals surface area contributed by atoms with Crippen molar-refractivity contribution < 1.29 is 9.53 Å². The fourth-order valence-electron chi connectivity index (χ4n) is 2.08. The first kappa shape index (κ1) is 15.6. The fraction of sp³-hybridized carbons (Fsp3) is 0.667. The van der Waals surface area contributed by atoms with Gasteiger partial charge in [0.25, 0.3) is 0 Å². The number of halogens is 1. The van der Waals surface area contributed by atoms with Gasteiger partial charge in [0.1, 0.15) is 0 Å². The Hall–Kier alpha value is -1.83. The molecule has 1 aliphatic heterocycles. The predicted molar refractivity (Wildman–Crippen MR) is 79.8 cm³/mol. The van der Waals surface area contributed by atoms with Crippen LogP contribution in [0.25, 0.3) is 0 Å². The van der Waals surface area contributed by atoms with Crippen molar-refractivity contribution in [2.75, 3.05) is 37.0 Å². The summed E-state index contributed by atoms with van der Waals surface area (Å²) in [5.74, 6) is 0.985. The lowest BCUT2D eigenvalue weighted by Crippen LogP contribution is -2.37. The van der Waals surface area contributed by atoms with Gasteiger partial charge in [-0.2, -0.15) is 15.0 Å². The Morgan fingerprint density at radius 3 is 3.00 bits per heavy atom. The van der Waals surface area contributed by atoms with Crippen LogP contribution in [-0.2, 0) is 4.74 Å². The van der Waals surface area contributed by atoms with Gasteiger partial charge in [-0.3, -0.25) is 0 Å². The third kappa shape index (κ3) is 4.32. The summed E-state index contributed by atoms with van der Waals surface area (Å²) in [4.78, 5) is 25.7. The zero-order valence-electron chi connectivity index (χ0n) is 12.1. The second-order valence-electron chi connectivity index (χ2n) is 4.72. The van der Waals surface area contributed by atoms with Crippen molar-refractivity contribution in [1.29, 1.82) is 0 Å². The Morgan fingerprint density at radius 1 is 1.48 bits per heavy atom. The molecule has 1 saturated heterocycles. The fourth-order valence-corrected chi connectivity index (χ4v) is 2.24. The van der Waals surface area contributed by atoms with Crippen molar-refractivity contribution in [3.63, 3.8) is 0 Å². The molecule has 116 valence electrons. The summed E-state index contributed by atoms with van der Waals surface area (Å²) in [5.41, 5.74) is 0. The van der Waals surface area contributed by atoms with Crippen LogP contribution >= 0.6 is 11.6 Å². The van der Waals surface area contributed by atoms with Gasteiger partial charge in [0, 0.05) is 19.6 Å². The van der Waals surface area contributed by atoms with E-state index < -0.39 is 6.09 Å². The van der Waals surface area contributed by atoms with Gasteiger partial charge >= 0.3 is 6.09 Å². The number of methoxy groups -OCH3 is 1. The molecule has 1 aromatic heterocycles. The lowest BCUT2D eigenvalue weighted by molar-refractivity contribution is 0.167. The van der Waals surface area contributed by atoms with Crippen LogP contribution < -0.4 is 15.5 Å². The van der Waals surface area contributed by atoms with Gasteiger partial charge in [-0.15, -0.1) is 0 Å². The highest BCUT2D eigenvalue weighted by molar-refractivity contribution is 6.28. The van der Waals surface area contributed by atoms with Crippen LogP contribution in [0.1, 0.15) is 19.8 Å². The number of alkyl carbamates (subject to hydrolysis) is 1. The summed E-state index contributed by atoms with van der Waals surface area (Å²) in [5, 5.41) is 6.01. The van der Waals surface area contributed by atoms with Gasteiger partial charge in [0.15, 0.2) is 0 Å². The first-order chi connectivity index (χ1) is 10.1. The second kappa shape index (κ2) is 7.26. The Morgan fingerprint density at radius 2 is 2.29 bits per heavy atom. The van der Waals surface area contributed by atoms with Crippen LogP contribution in [0, 0.1) is 0 Å². The molecule has 0 spiro atoms. The monoisotopic (exact) mass is 314 g/mol. The number of amides is 1. The van der Waals surface area contributed by atoms with E-state index in [9.17, 15) is 4.79 Å². The van der Waals surface area contributed by atoms with Crippen molar-refractivity contribution in [2.45, 2.75) is 25.8 Å². The number of nitrogens with zero attached hydrogens (tertiary/aromatic N) is 4. The van der Waals surface area contributed by atoms with Crippen molar-refractivity contribution in [2.24, 2.45) is 0 Å². The lowest BCUT2D eigenvalue weighted by atomic mass is 10.3. The number of carbonyl (C=O) groups is 1. The SMILES string of the molecule is CCCNc1nc(Cl)nc(N2CCC(NC(=O)OC)C2)n1. The Labute approximate surface area is 128 Å². The molecule has 2 rings (SSSR count). The topological polar surface area (TPSA) is 92.3 Å². The molecular formula is C12H19ClN6O2. The molecule has 2 heterocycles. The Balaban J connectivity index is 2.01. The third-order valence-electron chi connectivity index (χ3n) is 3.11. The first-order valence-electron chi connectivity index (χ1n) is 6.87. The van der Waals surface area contributed by atoms with E-state index in [0.29, 0.717) is 18.4 Å². The molecule has 0 radical (unpaired) electrons. The van der Waals surface area contributed by atoms with E-state index in [2.05, 4.69) is 37.2 Å². The maximum absolute atomic E-state index is 11.2. The van der Waals surface area contributed by atoms with E-state index in [-0.39, 0.29) is 11.3 Å². The molecule has 0 saturated carbocycles. The molecule has 2 N–H and O–H groups in total. The molecule has 8 nitrogen and oxygen atoms in total. The lowest BCUT2D eigenvalue weighted by Gasteiger charge is -2.17. The van der Waals surface area contributed by atoms with E-state index >= 15 is 0 Å². The summed E-state index contributed by atoms with van der Waals surface area (Å²) >= 11 is 5.93. The van der Waals surface area contributed by atoms with Crippen molar-refractivity contribution in [3.8, 4) is 0 Å². The number of carbonyl (C=O) groups excluding carboxylic acids is 1. The van der Waals surface area contributed by atoms with Crippen LogP contribution in [0.5, 0.6) is 0 Å². The number of rotatable bonds is 5. The third-order valence-corrected chi connectivity index (χ3v) is 3.28. The molecule has 21 heavy (non-hydrogen) atoms. The number of hydrogen-bond acceptors (Lipinski definition) is 7. The molecule has 1 amide bonds. The zero-order valence-corrected chi connectivity index (χ0v) is 12.9. The predicted octanol–water partition coefficient (Wildman–Crippen LogP) is 1.28. The van der Waals surface area contributed by atoms with Crippen molar-refractivity contribution in [1.82, 2.24) is 20.3 Å². The minimum Gasteiger partial charge on any atom is -0.453 e. The highest BCUT2D eigenvalue weighted by atomic mass is 35.5. The summed E-state index contributed by atoms with van der Waals surface area (Å²) in [6.07, 6.45) is 1.34. The van der Waals surface area contributed by atoms with Crippen molar-refractivity contribution >= 4 is 29.6 Å². The summed E-state index contributed by atoms with van der Waals surface area (Å²) < 4.78 is 4.59. The summed E-state index contributed by atoms with van der Waals surface area (Å²) in [7, 11) is 1.35. The average molecular weight is 315 g/mol. The van der Waals surface area contributed by atoms with Gasteiger partial charge < -0.3 is 20.3 Å². The van der Waals surface area contributed by atoms with Crippen LogP contribution in [0.3, 0.4) is 0 Å². The van der Waals surface area contributed by atoms with Crippen molar-refractivity contribution in [3.05, 3.63) is 5.28 Å². The van der Waals surface area contributed by atoms with Crippen LogP contribution in [-0.4, -0.2) is 53.8 Å². The van der Waals surface area contributed by atoms with Gasteiger partial charge in [-0.1, -0.05) is 6.92 Å². The van der Waals surface area contributed by atoms with Gasteiger partial charge in [0.05, 0.1) is 13.2 Å². The highest BCUT2D eigenvalue weighted by Gasteiger charge is 2.26. The van der Waals surface area contributed by atoms with Crippen LogP contribution in [0.4, 0.5) is 16.7 Å². The minimum absolute atomic E-state index is 0.0139. The molecule has 1 aliphatic rings. The number of hydrogen-bond donors (Lipinski definition) is 2. The maximum atomic E-state index is 11.2. The number of ether oxygens (including phenoxy) is 1. The molecule has 1 atom stereocenters. The van der Waals surface area contributed by atoms with E-state index in [1.165, 1.54) is 7.11 Å². The van der Waals surface area contributed by atoms with Crippen LogP contribution in [0.15, 0.2) is 0 Å². The molecule has 1 aromatic rings. The van der Waals surface area contributed by atoms with E-state index in [1.54, 1.807) is 0 Å². The molecular weight excluding hydrogens is 296 g/mol. The van der Waals surface area contributed by atoms with E-state index in [4.69, 9.17) is 11.6 Å². The Bertz CT molecular complexity index is 501. The summed E-state index contributed by atoms with van der Waals surface area (Å²) in [6.45, 7) is 4.18. The second-order valence-corrected chi connectivity index (χ2v) is 5.06. The van der Waals surface area contributed by atoms with Gasteiger partial charge in [0.2, 0.25) is 17.2 Å². The standard InChI is InChI=1S/C12H19ClN6O2/c1-3-5-14-10-16-9(13)17-11(18-10)19-6-4-8(7-19)15-12(20)21-2/h8H,3-7H2,1-2H3,(H,15,20)(H,14,16,17,18). The largest absolute Gasteiger partial charge is 0.453 e. The average Bonchev–Trinajstić information content (AvgIpc) is 2.93. The number of nitrogens with one attached hydrogen (secondary N) is 2. The molecule has 1 unspecified atom stereocenters. The van der Waals surface area contributed by atoms with Crippen LogP contribution in [0.2, 0.25) is 5.28 Å². The maximum Gasteiger partial charge on any atom is 0.407 e. The highest BCUT2D eigenvalue weighted by Crippen LogP contribution is 2.19. The smallest absolute Gasteiger partial charge is 0.407 e. The molecule has 1 fully saturated rings. The normalized spacial score (nSPS) is 17.7. The quantitative estimate of drug-likeness (QED) is 0.845. The molecule has 0 aliphatic carbocycles. The Kier molecular flexibility index (Phi) is 5.38. The number of aromatic nitrogens is 3. The first-order valence-corrected chi connectivity index (χ1v) is 7.25. The molecule has 0 aromatic carbocycles.